The average Bonchev–Trinajstić information content (AvgIpc) is 2.42. The molecule has 1 atom stereocenters. The SMILES string of the molecule is O=C(O)c1cc(NC(=O)C2CSCCN2)c(F)cc1F. The molecular weight excluding hydrogens is 290 g/mol. The number of nitrogens with one attached hydrogen (secondary N) is 2. The summed E-state index contributed by atoms with van der Waals surface area (Å²) in [4.78, 5) is 22.7. The molecule has 0 saturated carbocycles. The van der Waals surface area contributed by atoms with Crippen molar-refractivity contribution in [1.82, 2.24) is 5.32 Å². The maximum atomic E-state index is 13.5. The first-order valence-corrected chi connectivity index (χ1v) is 6.99. The largest absolute Gasteiger partial charge is 0.478 e. The molecule has 0 bridgehead atoms. The van der Waals surface area contributed by atoms with Crippen molar-refractivity contribution in [3.05, 3.63) is 29.3 Å². The number of anilines is 1. The van der Waals surface area contributed by atoms with E-state index in [0.29, 0.717) is 18.4 Å². The minimum Gasteiger partial charge on any atom is -0.478 e. The molecule has 20 heavy (non-hydrogen) atoms. The maximum Gasteiger partial charge on any atom is 0.338 e. The molecule has 0 aromatic heterocycles. The van der Waals surface area contributed by atoms with Crippen LogP contribution in [0.3, 0.4) is 0 Å². The third kappa shape index (κ3) is 3.26. The molecule has 108 valence electrons. The van der Waals surface area contributed by atoms with E-state index in [9.17, 15) is 18.4 Å². The zero-order valence-corrected chi connectivity index (χ0v) is 11.1. The molecule has 1 aromatic rings. The van der Waals surface area contributed by atoms with Crippen LogP contribution in [-0.2, 0) is 4.79 Å². The number of halogens is 2. The summed E-state index contributed by atoms with van der Waals surface area (Å²) < 4.78 is 26.8. The van der Waals surface area contributed by atoms with E-state index in [-0.39, 0.29) is 5.69 Å². The first-order chi connectivity index (χ1) is 9.49. The van der Waals surface area contributed by atoms with Crippen LogP contribution in [-0.4, -0.2) is 41.1 Å². The van der Waals surface area contributed by atoms with Crippen molar-refractivity contribution < 1.29 is 23.5 Å². The second-order valence-electron chi connectivity index (χ2n) is 4.19. The average molecular weight is 302 g/mol. The van der Waals surface area contributed by atoms with E-state index >= 15 is 0 Å². The highest BCUT2D eigenvalue weighted by molar-refractivity contribution is 7.99. The summed E-state index contributed by atoms with van der Waals surface area (Å²) in [6.07, 6.45) is 0. The van der Waals surface area contributed by atoms with E-state index in [4.69, 9.17) is 5.11 Å². The fourth-order valence-electron chi connectivity index (χ4n) is 1.76. The highest BCUT2D eigenvalue weighted by Crippen LogP contribution is 2.20. The Kier molecular flexibility index (Phi) is 4.56. The van der Waals surface area contributed by atoms with Gasteiger partial charge in [0.2, 0.25) is 5.91 Å². The molecule has 3 N–H and O–H groups in total. The monoisotopic (exact) mass is 302 g/mol. The number of amides is 1. The number of carboxylic acids is 1. The van der Waals surface area contributed by atoms with Crippen LogP contribution < -0.4 is 10.6 Å². The number of thioether (sulfide) groups is 1. The van der Waals surface area contributed by atoms with Crippen molar-refractivity contribution in [1.29, 1.82) is 0 Å². The Labute approximate surface area is 117 Å². The zero-order chi connectivity index (χ0) is 14.7. The molecule has 1 aliphatic heterocycles. The molecule has 2 rings (SSSR count). The van der Waals surface area contributed by atoms with Gasteiger partial charge in [-0.2, -0.15) is 11.8 Å². The molecule has 1 amide bonds. The molecule has 0 aliphatic carbocycles. The van der Waals surface area contributed by atoms with Gasteiger partial charge in [0.1, 0.15) is 11.6 Å². The number of carbonyl (C=O) groups excluding carboxylic acids is 1. The van der Waals surface area contributed by atoms with E-state index in [2.05, 4.69) is 10.6 Å². The molecule has 0 spiro atoms. The van der Waals surface area contributed by atoms with Gasteiger partial charge < -0.3 is 15.7 Å². The Hall–Kier alpha value is -1.67. The summed E-state index contributed by atoms with van der Waals surface area (Å²) >= 11 is 1.59. The Bertz CT molecular complexity index is 548. The Morgan fingerprint density at radius 2 is 2.10 bits per heavy atom. The van der Waals surface area contributed by atoms with Crippen LogP contribution in [0.4, 0.5) is 14.5 Å². The van der Waals surface area contributed by atoms with Gasteiger partial charge in [-0.15, -0.1) is 0 Å². The van der Waals surface area contributed by atoms with E-state index in [1.54, 1.807) is 11.8 Å². The minimum absolute atomic E-state index is 0.342. The lowest BCUT2D eigenvalue weighted by molar-refractivity contribution is -0.117. The van der Waals surface area contributed by atoms with Gasteiger partial charge in [-0.05, 0) is 6.07 Å². The number of carbonyl (C=O) groups is 2. The highest BCUT2D eigenvalue weighted by atomic mass is 32.2. The van der Waals surface area contributed by atoms with E-state index in [0.717, 1.165) is 11.8 Å². The summed E-state index contributed by atoms with van der Waals surface area (Å²) in [6, 6.07) is 0.745. The van der Waals surface area contributed by atoms with Crippen LogP contribution in [0.2, 0.25) is 0 Å². The molecule has 1 heterocycles. The fourth-order valence-corrected chi connectivity index (χ4v) is 2.70. The molecule has 1 aliphatic rings. The Morgan fingerprint density at radius 1 is 1.35 bits per heavy atom. The van der Waals surface area contributed by atoms with Gasteiger partial charge in [-0.3, -0.25) is 4.79 Å². The predicted octanol–water partition coefficient (Wildman–Crippen LogP) is 1.31. The third-order valence-electron chi connectivity index (χ3n) is 2.78. The lowest BCUT2D eigenvalue weighted by atomic mass is 10.1. The van der Waals surface area contributed by atoms with Gasteiger partial charge in [0.25, 0.3) is 0 Å². The van der Waals surface area contributed by atoms with Crippen LogP contribution in [0.1, 0.15) is 10.4 Å². The standard InChI is InChI=1S/C12H12F2N2O3S/c13-7-4-8(14)9(3-6(7)12(18)19)16-11(17)10-5-20-2-1-15-10/h3-4,10,15H,1-2,5H2,(H,16,17)(H,18,19). The third-order valence-corrected chi connectivity index (χ3v) is 3.84. The van der Waals surface area contributed by atoms with E-state index in [1.807, 2.05) is 0 Å². The van der Waals surface area contributed by atoms with Crippen LogP contribution in [0.15, 0.2) is 12.1 Å². The van der Waals surface area contributed by atoms with Crippen LogP contribution in [0.5, 0.6) is 0 Å². The number of aromatic carboxylic acids is 1. The first-order valence-electron chi connectivity index (χ1n) is 5.83. The van der Waals surface area contributed by atoms with Crippen molar-refractivity contribution in [3.8, 4) is 0 Å². The van der Waals surface area contributed by atoms with Crippen LogP contribution in [0, 0.1) is 11.6 Å². The molecule has 8 heteroatoms. The summed E-state index contributed by atoms with van der Waals surface area (Å²) in [5.74, 6) is -2.76. The summed E-state index contributed by atoms with van der Waals surface area (Å²) in [5, 5.41) is 14.0. The first kappa shape index (κ1) is 14.7. The number of rotatable bonds is 3. The summed E-state index contributed by atoms with van der Waals surface area (Å²) in [7, 11) is 0. The predicted molar refractivity (Wildman–Crippen MR) is 71.1 cm³/mol. The van der Waals surface area contributed by atoms with Gasteiger partial charge in [-0.25, -0.2) is 13.6 Å². The quantitative estimate of drug-likeness (QED) is 0.784. The highest BCUT2D eigenvalue weighted by Gasteiger charge is 2.23. The van der Waals surface area contributed by atoms with Crippen molar-refractivity contribution >= 4 is 29.3 Å². The second-order valence-corrected chi connectivity index (χ2v) is 5.34. The molecule has 1 fully saturated rings. The number of hydrogen-bond donors (Lipinski definition) is 3. The van der Waals surface area contributed by atoms with Crippen molar-refractivity contribution in [2.24, 2.45) is 0 Å². The van der Waals surface area contributed by atoms with Gasteiger partial charge in [-0.1, -0.05) is 0 Å². The lowest BCUT2D eigenvalue weighted by Crippen LogP contribution is -2.46. The fraction of sp³-hybridized carbons (Fsp3) is 0.333. The second kappa shape index (κ2) is 6.19. The van der Waals surface area contributed by atoms with Crippen LogP contribution in [0.25, 0.3) is 0 Å². The van der Waals surface area contributed by atoms with Gasteiger partial charge in [0, 0.05) is 24.1 Å². The summed E-state index contributed by atoms with van der Waals surface area (Å²) in [6.45, 7) is 0.662. The number of carboxylic acid groups (broad SMARTS) is 1. The van der Waals surface area contributed by atoms with Crippen LogP contribution >= 0.6 is 11.8 Å². The Morgan fingerprint density at radius 3 is 2.70 bits per heavy atom. The van der Waals surface area contributed by atoms with Gasteiger partial charge in [0.15, 0.2) is 0 Å². The van der Waals surface area contributed by atoms with Crippen molar-refractivity contribution in [2.45, 2.75) is 6.04 Å². The normalized spacial score (nSPS) is 18.6. The molecule has 0 radical (unpaired) electrons. The molecule has 5 nitrogen and oxygen atoms in total. The topological polar surface area (TPSA) is 78.4 Å². The van der Waals surface area contributed by atoms with E-state index in [1.165, 1.54) is 0 Å². The molecule has 1 unspecified atom stereocenters. The van der Waals surface area contributed by atoms with Gasteiger partial charge >= 0.3 is 5.97 Å². The van der Waals surface area contributed by atoms with Crippen molar-refractivity contribution in [3.63, 3.8) is 0 Å². The molecule has 1 saturated heterocycles. The van der Waals surface area contributed by atoms with Crippen molar-refractivity contribution in [2.75, 3.05) is 23.4 Å². The maximum absolute atomic E-state index is 13.5. The number of hydrogen-bond acceptors (Lipinski definition) is 4. The minimum atomic E-state index is -1.52. The van der Waals surface area contributed by atoms with E-state index < -0.39 is 35.1 Å². The smallest absolute Gasteiger partial charge is 0.338 e. The molecule has 1 aromatic carbocycles. The summed E-state index contributed by atoms with van der Waals surface area (Å²) in [5.41, 5.74) is -1.03. The zero-order valence-electron chi connectivity index (χ0n) is 10.3. The number of benzene rings is 1. The Balaban J connectivity index is 2.18. The van der Waals surface area contributed by atoms with Gasteiger partial charge in [0.05, 0.1) is 17.3 Å². The lowest BCUT2D eigenvalue weighted by Gasteiger charge is -2.22. The molecular formula is C12H12F2N2O3S.